The standard InChI is InChI=1S/C13H13Cl2F3N2O2/c1-8(19-22-2)20(12(21)11(14)15)7-9-3-5-10(6-4-9)13(16,17)18/h3-6,11H,7H2,1-2H3/b19-8+. The first-order valence-corrected chi connectivity index (χ1v) is 6.87. The number of nitrogens with zero attached hydrogens (tertiary/aromatic N) is 2. The van der Waals surface area contributed by atoms with Gasteiger partial charge in [-0.15, -0.1) is 0 Å². The molecular weight excluding hydrogens is 344 g/mol. The number of carbonyl (C=O) groups excluding carboxylic acids is 1. The van der Waals surface area contributed by atoms with Crippen LogP contribution in [0.5, 0.6) is 0 Å². The van der Waals surface area contributed by atoms with Crippen molar-refractivity contribution in [3.8, 4) is 0 Å². The van der Waals surface area contributed by atoms with Crippen LogP contribution < -0.4 is 0 Å². The lowest BCUT2D eigenvalue weighted by molar-refractivity contribution is -0.137. The van der Waals surface area contributed by atoms with Crippen molar-refractivity contribution in [1.82, 2.24) is 4.90 Å². The number of hydrogen-bond acceptors (Lipinski definition) is 3. The van der Waals surface area contributed by atoms with E-state index in [1.165, 1.54) is 26.2 Å². The van der Waals surface area contributed by atoms with Gasteiger partial charge in [0.1, 0.15) is 12.9 Å². The second kappa shape index (κ2) is 7.69. The van der Waals surface area contributed by atoms with E-state index >= 15 is 0 Å². The van der Waals surface area contributed by atoms with Crippen molar-refractivity contribution in [1.29, 1.82) is 0 Å². The minimum absolute atomic E-state index is 0.0361. The molecule has 0 aliphatic carbocycles. The molecule has 0 aromatic heterocycles. The van der Waals surface area contributed by atoms with Gasteiger partial charge in [-0.1, -0.05) is 40.5 Å². The molecule has 1 aromatic rings. The fourth-order valence-corrected chi connectivity index (χ4v) is 1.87. The minimum atomic E-state index is -4.42. The Hall–Kier alpha value is -1.47. The number of halogens is 5. The zero-order chi connectivity index (χ0) is 16.9. The van der Waals surface area contributed by atoms with E-state index in [4.69, 9.17) is 23.2 Å². The summed E-state index contributed by atoms with van der Waals surface area (Å²) in [5.41, 5.74) is -0.315. The lowest BCUT2D eigenvalue weighted by Gasteiger charge is -2.22. The topological polar surface area (TPSA) is 41.9 Å². The van der Waals surface area contributed by atoms with Crippen LogP contribution in [0, 0.1) is 0 Å². The first-order chi connectivity index (χ1) is 10.2. The van der Waals surface area contributed by atoms with E-state index in [-0.39, 0.29) is 12.4 Å². The quantitative estimate of drug-likeness (QED) is 0.356. The molecule has 0 aliphatic rings. The van der Waals surface area contributed by atoms with Crippen molar-refractivity contribution in [2.75, 3.05) is 7.11 Å². The van der Waals surface area contributed by atoms with Crippen LogP contribution in [-0.2, 0) is 22.4 Å². The van der Waals surface area contributed by atoms with Gasteiger partial charge in [-0.2, -0.15) is 13.2 Å². The molecule has 1 rings (SSSR count). The van der Waals surface area contributed by atoms with Gasteiger partial charge in [0.05, 0.1) is 12.1 Å². The molecule has 0 atom stereocenters. The molecule has 0 bridgehead atoms. The maximum absolute atomic E-state index is 12.5. The highest BCUT2D eigenvalue weighted by atomic mass is 35.5. The first kappa shape index (κ1) is 18.6. The van der Waals surface area contributed by atoms with Gasteiger partial charge in [-0.05, 0) is 24.6 Å². The molecule has 22 heavy (non-hydrogen) atoms. The number of benzene rings is 1. The van der Waals surface area contributed by atoms with E-state index in [0.29, 0.717) is 5.56 Å². The Morgan fingerprint density at radius 1 is 1.32 bits per heavy atom. The monoisotopic (exact) mass is 356 g/mol. The Labute approximate surface area is 135 Å². The Bertz CT molecular complexity index is 545. The first-order valence-electron chi connectivity index (χ1n) is 6.00. The van der Waals surface area contributed by atoms with Gasteiger partial charge in [0.2, 0.25) is 0 Å². The average molecular weight is 357 g/mol. The van der Waals surface area contributed by atoms with Crippen LogP contribution in [0.2, 0.25) is 0 Å². The smallest absolute Gasteiger partial charge is 0.398 e. The molecule has 122 valence electrons. The maximum atomic E-state index is 12.5. The molecule has 4 nitrogen and oxygen atoms in total. The van der Waals surface area contributed by atoms with Crippen LogP contribution in [0.4, 0.5) is 13.2 Å². The Morgan fingerprint density at radius 2 is 1.86 bits per heavy atom. The van der Waals surface area contributed by atoms with Gasteiger partial charge < -0.3 is 4.84 Å². The highest BCUT2D eigenvalue weighted by molar-refractivity contribution is 6.53. The van der Waals surface area contributed by atoms with E-state index in [1.54, 1.807) is 0 Å². The molecule has 0 spiro atoms. The van der Waals surface area contributed by atoms with Gasteiger partial charge in [-0.3, -0.25) is 9.69 Å². The summed E-state index contributed by atoms with van der Waals surface area (Å²) < 4.78 is 37.5. The Balaban J connectivity index is 2.99. The molecule has 0 saturated heterocycles. The highest BCUT2D eigenvalue weighted by Crippen LogP contribution is 2.29. The van der Waals surface area contributed by atoms with E-state index in [0.717, 1.165) is 17.0 Å². The molecule has 9 heteroatoms. The van der Waals surface area contributed by atoms with E-state index in [2.05, 4.69) is 9.99 Å². The van der Waals surface area contributed by atoms with E-state index in [9.17, 15) is 18.0 Å². The normalized spacial score (nSPS) is 12.5. The minimum Gasteiger partial charge on any atom is -0.398 e. The molecule has 1 aromatic carbocycles. The molecule has 0 aliphatic heterocycles. The summed E-state index contributed by atoms with van der Waals surface area (Å²) in [6.07, 6.45) is -4.42. The summed E-state index contributed by atoms with van der Waals surface area (Å²) in [6, 6.07) is 4.39. The van der Waals surface area contributed by atoms with Crippen molar-refractivity contribution in [3.05, 3.63) is 35.4 Å². The molecule has 0 fully saturated rings. The molecule has 0 radical (unpaired) electrons. The summed E-state index contributed by atoms with van der Waals surface area (Å²) in [7, 11) is 1.29. The predicted octanol–water partition coefficient (Wildman–Crippen LogP) is 3.82. The third kappa shape index (κ3) is 5.06. The number of alkyl halides is 5. The molecule has 0 saturated carbocycles. The average Bonchev–Trinajstić information content (AvgIpc) is 2.43. The molecule has 1 amide bonds. The Kier molecular flexibility index (Phi) is 6.49. The number of rotatable bonds is 4. The number of oxime groups is 1. The highest BCUT2D eigenvalue weighted by Gasteiger charge is 2.30. The van der Waals surface area contributed by atoms with Crippen LogP contribution in [0.15, 0.2) is 29.4 Å². The van der Waals surface area contributed by atoms with E-state index in [1.807, 2.05) is 0 Å². The van der Waals surface area contributed by atoms with Crippen LogP contribution in [0.1, 0.15) is 18.1 Å². The summed E-state index contributed by atoms with van der Waals surface area (Å²) in [5.74, 6) is -0.472. The van der Waals surface area contributed by atoms with Crippen LogP contribution >= 0.6 is 23.2 Å². The predicted molar refractivity (Wildman–Crippen MR) is 77.6 cm³/mol. The fraction of sp³-hybridized carbons (Fsp3) is 0.385. The maximum Gasteiger partial charge on any atom is 0.416 e. The van der Waals surface area contributed by atoms with Crippen LogP contribution in [0.3, 0.4) is 0 Å². The summed E-state index contributed by atoms with van der Waals surface area (Å²) in [6.45, 7) is 1.45. The van der Waals surface area contributed by atoms with Gasteiger partial charge >= 0.3 is 6.18 Å². The number of amidine groups is 1. The largest absolute Gasteiger partial charge is 0.416 e. The number of amides is 1. The third-order valence-corrected chi connectivity index (χ3v) is 3.06. The van der Waals surface area contributed by atoms with Gasteiger partial charge in [0, 0.05) is 0 Å². The van der Waals surface area contributed by atoms with Crippen molar-refractivity contribution in [2.45, 2.75) is 24.5 Å². The molecular formula is C13H13Cl2F3N2O2. The van der Waals surface area contributed by atoms with Crippen molar-refractivity contribution in [3.63, 3.8) is 0 Å². The zero-order valence-corrected chi connectivity index (χ0v) is 13.2. The second-order valence-electron chi connectivity index (χ2n) is 4.24. The lowest BCUT2D eigenvalue weighted by Crippen LogP contribution is -2.38. The third-order valence-electron chi connectivity index (χ3n) is 2.69. The number of carbonyl (C=O) groups is 1. The summed E-state index contributed by atoms with van der Waals surface area (Å²) >= 11 is 11.1. The molecule has 0 N–H and O–H groups in total. The number of hydrogen-bond donors (Lipinski definition) is 0. The second-order valence-corrected chi connectivity index (χ2v) is 5.34. The van der Waals surface area contributed by atoms with Crippen LogP contribution in [-0.4, -0.2) is 28.6 Å². The van der Waals surface area contributed by atoms with Crippen molar-refractivity contribution < 1.29 is 22.8 Å². The fourth-order valence-electron chi connectivity index (χ4n) is 1.63. The lowest BCUT2D eigenvalue weighted by atomic mass is 10.1. The molecule has 0 heterocycles. The Morgan fingerprint density at radius 3 is 2.27 bits per heavy atom. The summed E-state index contributed by atoms with van der Waals surface area (Å²) in [4.78, 5) is 16.3. The van der Waals surface area contributed by atoms with E-state index < -0.39 is 22.5 Å². The van der Waals surface area contributed by atoms with Crippen molar-refractivity contribution in [2.24, 2.45) is 5.16 Å². The van der Waals surface area contributed by atoms with Gasteiger partial charge in [-0.25, -0.2) is 0 Å². The van der Waals surface area contributed by atoms with Crippen LogP contribution in [0.25, 0.3) is 0 Å². The van der Waals surface area contributed by atoms with Gasteiger partial charge in [0.25, 0.3) is 5.91 Å². The van der Waals surface area contributed by atoms with Gasteiger partial charge in [0.15, 0.2) is 4.84 Å². The zero-order valence-electron chi connectivity index (χ0n) is 11.7. The SMILES string of the molecule is CO/N=C(\C)N(Cc1ccc(C(F)(F)F)cc1)C(=O)C(Cl)Cl. The molecule has 0 unspecified atom stereocenters. The summed E-state index contributed by atoms with van der Waals surface area (Å²) in [5, 5.41) is 3.61. The van der Waals surface area contributed by atoms with Crippen molar-refractivity contribution >= 4 is 34.9 Å².